The molecule has 9 heteroatoms. The third-order valence-corrected chi connectivity index (χ3v) is 5.33. The summed E-state index contributed by atoms with van der Waals surface area (Å²) in [5.41, 5.74) is 2.86. The Bertz CT molecular complexity index is 1030. The molecule has 1 heterocycles. The van der Waals surface area contributed by atoms with Gasteiger partial charge in [-0.25, -0.2) is 4.99 Å². The number of nitro benzene ring substituents is 1. The summed E-state index contributed by atoms with van der Waals surface area (Å²) in [6.45, 7) is 3.90. The van der Waals surface area contributed by atoms with E-state index < -0.39 is 4.92 Å². The van der Waals surface area contributed by atoms with E-state index in [9.17, 15) is 14.9 Å². The van der Waals surface area contributed by atoms with E-state index in [1.165, 1.54) is 18.2 Å². The molecule has 0 aliphatic carbocycles. The molecular formula is C18H13Cl2N3O3S. The lowest BCUT2D eigenvalue weighted by molar-refractivity contribution is -0.384. The Morgan fingerprint density at radius 2 is 1.93 bits per heavy atom. The van der Waals surface area contributed by atoms with Crippen LogP contribution >= 0.6 is 35.0 Å². The van der Waals surface area contributed by atoms with Crippen molar-refractivity contribution in [2.45, 2.75) is 13.8 Å². The summed E-state index contributed by atoms with van der Waals surface area (Å²) in [4.78, 5) is 27.5. The molecule has 0 radical (unpaired) electrons. The van der Waals surface area contributed by atoms with Crippen molar-refractivity contribution in [3.05, 3.63) is 72.1 Å². The molecular weight excluding hydrogens is 409 g/mol. The van der Waals surface area contributed by atoms with Gasteiger partial charge in [0.25, 0.3) is 11.6 Å². The molecule has 1 fully saturated rings. The highest BCUT2D eigenvalue weighted by molar-refractivity contribution is 8.18. The van der Waals surface area contributed by atoms with Gasteiger partial charge in [0.1, 0.15) is 5.02 Å². The van der Waals surface area contributed by atoms with Gasteiger partial charge in [-0.2, -0.15) is 0 Å². The Labute approximate surface area is 169 Å². The first kappa shape index (κ1) is 19.4. The summed E-state index contributed by atoms with van der Waals surface area (Å²) < 4.78 is 0. The molecule has 0 unspecified atom stereocenters. The number of rotatable bonds is 3. The van der Waals surface area contributed by atoms with Crippen molar-refractivity contribution in [3.8, 4) is 0 Å². The van der Waals surface area contributed by atoms with Crippen LogP contribution in [0.4, 0.5) is 11.4 Å². The molecule has 27 heavy (non-hydrogen) atoms. The number of carbonyl (C=O) groups excluding carboxylic acids is 1. The number of aryl methyl sites for hydroxylation is 2. The van der Waals surface area contributed by atoms with Crippen molar-refractivity contribution in [2.75, 3.05) is 0 Å². The molecule has 3 rings (SSSR count). The van der Waals surface area contributed by atoms with E-state index >= 15 is 0 Å². The fourth-order valence-corrected chi connectivity index (χ4v) is 3.71. The van der Waals surface area contributed by atoms with E-state index in [1.807, 2.05) is 32.0 Å². The van der Waals surface area contributed by atoms with Gasteiger partial charge in [0.2, 0.25) is 0 Å². The third kappa shape index (κ3) is 4.32. The van der Waals surface area contributed by atoms with E-state index in [4.69, 9.17) is 23.2 Å². The first-order valence-electron chi connectivity index (χ1n) is 7.75. The largest absolute Gasteiger partial charge is 0.300 e. The molecule has 1 N–H and O–H groups in total. The predicted octanol–water partition coefficient (Wildman–Crippen LogP) is 5.41. The van der Waals surface area contributed by atoms with Crippen LogP contribution in [0.2, 0.25) is 10.0 Å². The summed E-state index contributed by atoms with van der Waals surface area (Å²) >= 11 is 13.1. The van der Waals surface area contributed by atoms with Crippen LogP contribution < -0.4 is 5.32 Å². The molecule has 1 aliphatic rings. The SMILES string of the molecule is Cc1ccc(C)c(N=C2NC(=O)/C(=C/c3cc([N+](=O)[O-])c(Cl)cc3Cl)S2)c1. The summed E-state index contributed by atoms with van der Waals surface area (Å²) in [7, 11) is 0. The van der Waals surface area contributed by atoms with Crippen LogP contribution in [0, 0.1) is 24.0 Å². The minimum atomic E-state index is -0.601. The van der Waals surface area contributed by atoms with Crippen LogP contribution in [-0.4, -0.2) is 16.0 Å². The van der Waals surface area contributed by atoms with Gasteiger partial charge in [-0.05, 0) is 54.9 Å². The second-order valence-corrected chi connectivity index (χ2v) is 7.70. The van der Waals surface area contributed by atoms with Crippen LogP contribution in [-0.2, 0) is 4.79 Å². The second kappa shape index (κ2) is 7.72. The molecule has 0 saturated carbocycles. The van der Waals surface area contributed by atoms with Crippen molar-refractivity contribution in [1.82, 2.24) is 5.32 Å². The number of hydrogen-bond donors (Lipinski definition) is 1. The zero-order chi connectivity index (χ0) is 19.7. The molecule has 1 amide bonds. The quantitative estimate of drug-likeness (QED) is 0.407. The van der Waals surface area contributed by atoms with Gasteiger partial charge < -0.3 is 5.32 Å². The maximum absolute atomic E-state index is 12.2. The van der Waals surface area contributed by atoms with Crippen molar-refractivity contribution in [2.24, 2.45) is 4.99 Å². The van der Waals surface area contributed by atoms with E-state index in [0.717, 1.165) is 28.6 Å². The Kier molecular flexibility index (Phi) is 5.55. The number of carbonyl (C=O) groups is 1. The Hall–Kier alpha value is -2.35. The number of hydrogen-bond acceptors (Lipinski definition) is 5. The molecule has 6 nitrogen and oxygen atoms in total. The first-order valence-corrected chi connectivity index (χ1v) is 9.32. The highest BCUT2D eigenvalue weighted by Gasteiger charge is 2.25. The summed E-state index contributed by atoms with van der Waals surface area (Å²) in [5, 5.41) is 14.3. The molecule has 138 valence electrons. The lowest BCUT2D eigenvalue weighted by Gasteiger charge is -2.02. The van der Waals surface area contributed by atoms with Gasteiger partial charge in [0.15, 0.2) is 5.17 Å². The van der Waals surface area contributed by atoms with Gasteiger partial charge in [-0.15, -0.1) is 0 Å². The summed E-state index contributed by atoms with van der Waals surface area (Å²) in [6, 6.07) is 8.40. The lowest BCUT2D eigenvalue weighted by atomic mass is 10.1. The minimum absolute atomic E-state index is 0.0622. The number of nitrogens with zero attached hydrogens (tertiary/aromatic N) is 2. The standard InChI is InChI=1S/C18H13Cl2N3O3S/c1-9-3-4-10(2)14(5-9)21-18-22-17(24)16(27-18)7-11-6-15(23(25)26)13(20)8-12(11)19/h3-8H,1-2H3,(H,21,22,24)/b16-7-. The normalized spacial score (nSPS) is 16.8. The monoisotopic (exact) mass is 421 g/mol. The number of nitro groups is 1. The number of amidine groups is 1. The van der Waals surface area contributed by atoms with Crippen molar-refractivity contribution in [1.29, 1.82) is 0 Å². The molecule has 1 aliphatic heterocycles. The van der Waals surface area contributed by atoms with Gasteiger partial charge in [0, 0.05) is 16.7 Å². The van der Waals surface area contributed by atoms with E-state index in [0.29, 0.717) is 15.6 Å². The van der Waals surface area contributed by atoms with E-state index in [-0.39, 0.29) is 21.6 Å². The van der Waals surface area contributed by atoms with Crippen molar-refractivity contribution >= 4 is 63.5 Å². The number of aliphatic imine (C=N–C) groups is 1. The highest BCUT2D eigenvalue weighted by atomic mass is 35.5. The molecule has 1 saturated heterocycles. The van der Waals surface area contributed by atoms with Crippen molar-refractivity contribution in [3.63, 3.8) is 0 Å². The minimum Gasteiger partial charge on any atom is -0.300 e. The molecule has 0 atom stereocenters. The zero-order valence-corrected chi connectivity index (χ0v) is 16.6. The van der Waals surface area contributed by atoms with Crippen molar-refractivity contribution < 1.29 is 9.72 Å². The van der Waals surface area contributed by atoms with Crippen LogP contribution in [0.1, 0.15) is 16.7 Å². The van der Waals surface area contributed by atoms with Gasteiger partial charge in [-0.1, -0.05) is 35.3 Å². The lowest BCUT2D eigenvalue weighted by Crippen LogP contribution is -2.19. The number of halogens is 2. The van der Waals surface area contributed by atoms with E-state index in [1.54, 1.807) is 0 Å². The summed E-state index contributed by atoms with van der Waals surface area (Å²) in [6.07, 6.45) is 1.48. The fourth-order valence-electron chi connectivity index (χ4n) is 2.38. The predicted molar refractivity (Wildman–Crippen MR) is 110 cm³/mol. The molecule has 2 aromatic carbocycles. The Balaban J connectivity index is 1.94. The molecule has 0 bridgehead atoms. The van der Waals surface area contributed by atoms with Crippen LogP contribution in [0.5, 0.6) is 0 Å². The second-order valence-electron chi connectivity index (χ2n) is 5.85. The highest BCUT2D eigenvalue weighted by Crippen LogP contribution is 2.35. The average Bonchev–Trinajstić information content (AvgIpc) is 2.92. The summed E-state index contributed by atoms with van der Waals surface area (Å²) in [5.74, 6) is -0.349. The number of benzene rings is 2. The fraction of sp³-hybridized carbons (Fsp3) is 0.111. The molecule has 0 spiro atoms. The number of nitrogens with one attached hydrogen (secondary N) is 1. The molecule has 2 aromatic rings. The van der Waals surface area contributed by atoms with E-state index in [2.05, 4.69) is 10.3 Å². The van der Waals surface area contributed by atoms with Crippen LogP contribution in [0.3, 0.4) is 0 Å². The third-order valence-electron chi connectivity index (χ3n) is 3.79. The average molecular weight is 422 g/mol. The number of thioether (sulfide) groups is 1. The van der Waals surface area contributed by atoms with Gasteiger partial charge in [0.05, 0.1) is 15.5 Å². The smallest absolute Gasteiger partial charge is 0.288 e. The van der Waals surface area contributed by atoms with Gasteiger partial charge in [-0.3, -0.25) is 14.9 Å². The van der Waals surface area contributed by atoms with Gasteiger partial charge >= 0.3 is 0 Å². The Morgan fingerprint density at radius 1 is 1.19 bits per heavy atom. The van der Waals surface area contributed by atoms with Crippen LogP contribution in [0.15, 0.2) is 40.2 Å². The maximum atomic E-state index is 12.2. The number of amides is 1. The maximum Gasteiger partial charge on any atom is 0.288 e. The topological polar surface area (TPSA) is 84.6 Å². The molecule has 0 aromatic heterocycles. The zero-order valence-electron chi connectivity index (χ0n) is 14.2. The van der Waals surface area contributed by atoms with Crippen LogP contribution in [0.25, 0.3) is 6.08 Å². The Morgan fingerprint density at radius 3 is 2.63 bits per heavy atom. The first-order chi connectivity index (χ1) is 12.7.